The minimum atomic E-state index is -0.145. The maximum absolute atomic E-state index is 12.0. The molecule has 0 fully saturated rings. The Bertz CT molecular complexity index is 567. The van der Waals surface area contributed by atoms with E-state index < -0.39 is 0 Å². The number of rotatable bonds is 5. The van der Waals surface area contributed by atoms with Crippen LogP contribution in [-0.4, -0.2) is 31.1 Å². The monoisotopic (exact) mass is 284 g/mol. The molecule has 2 aromatic rings. The van der Waals surface area contributed by atoms with Crippen molar-refractivity contribution in [3.8, 4) is 5.75 Å². The largest absolute Gasteiger partial charge is 0.492 e. The fourth-order valence-corrected chi connectivity index (χ4v) is 1.78. The third-order valence-corrected chi connectivity index (χ3v) is 3.09. The number of carbonyl (C=O) groups is 1. The Kier molecular flexibility index (Phi) is 5.21. The van der Waals surface area contributed by atoms with Gasteiger partial charge in [-0.3, -0.25) is 0 Å². The third kappa shape index (κ3) is 4.84. The number of ether oxygens (including phenoxy) is 1. The van der Waals surface area contributed by atoms with E-state index in [1.54, 1.807) is 11.9 Å². The zero-order chi connectivity index (χ0) is 15.1. The van der Waals surface area contributed by atoms with Crippen LogP contribution < -0.4 is 10.1 Å². The second-order valence-electron chi connectivity index (χ2n) is 4.88. The molecular formula is C17H20N2O2. The van der Waals surface area contributed by atoms with Crippen LogP contribution in [0, 0.1) is 6.92 Å². The molecule has 0 aromatic heterocycles. The Morgan fingerprint density at radius 2 is 1.76 bits per heavy atom. The number of benzene rings is 2. The molecule has 2 aromatic carbocycles. The first kappa shape index (κ1) is 14.9. The lowest BCUT2D eigenvalue weighted by Gasteiger charge is -2.18. The van der Waals surface area contributed by atoms with Crippen LogP contribution in [0.25, 0.3) is 0 Å². The van der Waals surface area contributed by atoms with Crippen molar-refractivity contribution in [3.05, 3.63) is 60.2 Å². The Morgan fingerprint density at radius 3 is 2.43 bits per heavy atom. The van der Waals surface area contributed by atoms with Crippen LogP contribution in [0.4, 0.5) is 10.5 Å². The van der Waals surface area contributed by atoms with Crippen LogP contribution in [0.2, 0.25) is 0 Å². The molecule has 0 aliphatic rings. The molecule has 0 saturated carbocycles. The summed E-state index contributed by atoms with van der Waals surface area (Å²) in [5.41, 5.74) is 1.98. The van der Waals surface area contributed by atoms with Gasteiger partial charge in [-0.2, -0.15) is 0 Å². The van der Waals surface area contributed by atoms with E-state index in [1.165, 1.54) is 5.56 Å². The predicted molar refractivity (Wildman–Crippen MR) is 84.8 cm³/mol. The Labute approximate surface area is 125 Å². The van der Waals surface area contributed by atoms with Crippen LogP contribution >= 0.6 is 0 Å². The van der Waals surface area contributed by atoms with Gasteiger partial charge in [0.05, 0.1) is 6.54 Å². The summed E-state index contributed by atoms with van der Waals surface area (Å²) in [5.74, 6) is 0.817. The normalized spacial score (nSPS) is 10.0. The third-order valence-electron chi connectivity index (χ3n) is 3.09. The lowest BCUT2D eigenvalue weighted by Crippen LogP contribution is -2.34. The SMILES string of the molecule is Cc1ccc(OCCN(C)C(=O)Nc2ccccc2)cc1. The summed E-state index contributed by atoms with van der Waals surface area (Å²) in [5, 5.41) is 2.83. The molecule has 0 heterocycles. The van der Waals surface area contributed by atoms with E-state index in [1.807, 2.05) is 61.5 Å². The number of urea groups is 1. The van der Waals surface area contributed by atoms with Gasteiger partial charge in [0.2, 0.25) is 0 Å². The number of hydrogen-bond acceptors (Lipinski definition) is 2. The van der Waals surface area contributed by atoms with Crippen molar-refractivity contribution < 1.29 is 9.53 Å². The molecule has 0 saturated heterocycles. The molecule has 21 heavy (non-hydrogen) atoms. The lowest BCUT2D eigenvalue weighted by atomic mass is 10.2. The fraction of sp³-hybridized carbons (Fsp3) is 0.235. The molecule has 0 aliphatic carbocycles. The molecule has 0 aliphatic heterocycles. The number of anilines is 1. The molecule has 0 bridgehead atoms. The van der Waals surface area contributed by atoms with Crippen molar-refractivity contribution in [3.63, 3.8) is 0 Å². The van der Waals surface area contributed by atoms with Gasteiger partial charge in [-0.15, -0.1) is 0 Å². The second-order valence-corrected chi connectivity index (χ2v) is 4.88. The van der Waals surface area contributed by atoms with Gasteiger partial charge in [0.1, 0.15) is 12.4 Å². The smallest absolute Gasteiger partial charge is 0.321 e. The lowest BCUT2D eigenvalue weighted by molar-refractivity contribution is 0.207. The molecule has 0 radical (unpaired) electrons. The van der Waals surface area contributed by atoms with Gasteiger partial charge in [-0.25, -0.2) is 4.79 Å². The van der Waals surface area contributed by atoms with Gasteiger partial charge in [0.15, 0.2) is 0 Å². The van der Waals surface area contributed by atoms with E-state index in [0.717, 1.165) is 11.4 Å². The molecule has 0 unspecified atom stereocenters. The Balaban J connectivity index is 1.75. The van der Waals surface area contributed by atoms with E-state index in [0.29, 0.717) is 13.2 Å². The zero-order valence-corrected chi connectivity index (χ0v) is 12.4. The number of nitrogens with one attached hydrogen (secondary N) is 1. The first-order chi connectivity index (χ1) is 10.1. The van der Waals surface area contributed by atoms with Gasteiger partial charge < -0.3 is 15.0 Å². The standard InChI is InChI=1S/C17H20N2O2/c1-14-8-10-16(11-9-14)21-13-12-19(2)17(20)18-15-6-4-3-5-7-15/h3-11H,12-13H2,1-2H3,(H,18,20). The summed E-state index contributed by atoms with van der Waals surface area (Å²) in [6.07, 6.45) is 0. The van der Waals surface area contributed by atoms with E-state index >= 15 is 0 Å². The van der Waals surface area contributed by atoms with Crippen LogP contribution in [0.5, 0.6) is 5.75 Å². The van der Waals surface area contributed by atoms with Crippen molar-refractivity contribution in [2.75, 3.05) is 25.5 Å². The molecular weight excluding hydrogens is 264 g/mol. The summed E-state index contributed by atoms with van der Waals surface area (Å²) in [7, 11) is 1.75. The molecule has 0 spiro atoms. The topological polar surface area (TPSA) is 41.6 Å². The summed E-state index contributed by atoms with van der Waals surface area (Å²) >= 11 is 0. The predicted octanol–water partition coefficient (Wildman–Crippen LogP) is 3.54. The van der Waals surface area contributed by atoms with Crippen LogP contribution in [0.1, 0.15) is 5.56 Å². The highest BCUT2D eigenvalue weighted by Crippen LogP contribution is 2.11. The van der Waals surface area contributed by atoms with E-state index in [4.69, 9.17) is 4.74 Å². The van der Waals surface area contributed by atoms with Crippen LogP contribution in [-0.2, 0) is 0 Å². The van der Waals surface area contributed by atoms with Crippen LogP contribution in [0.3, 0.4) is 0 Å². The Morgan fingerprint density at radius 1 is 1.10 bits per heavy atom. The first-order valence-electron chi connectivity index (χ1n) is 6.92. The number of amides is 2. The van der Waals surface area contributed by atoms with Gasteiger partial charge in [-0.05, 0) is 31.2 Å². The molecule has 4 heteroatoms. The van der Waals surface area contributed by atoms with E-state index in [9.17, 15) is 4.79 Å². The summed E-state index contributed by atoms with van der Waals surface area (Å²) in [4.78, 5) is 13.6. The summed E-state index contributed by atoms with van der Waals surface area (Å²) in [6, 6.07) is 17.1. The molecule has 4 nitrogen and oxygen atoms in total. The van der Waals surface area contributed by atoms with Crippen molar-refractivity contribution in [2.24, 2.45) is 0 Å². The average Bonchev–Trinajstić information content (AvgIpc) is 2.50. The number of likely N-dealkylation sites (N-methyl/N-ethyl adjacent to an activating group) is 1. The van der Waals surface area contributed by atoms with E-state index in [2.05, 4.69) is 5.32 Å². The van der Waals surface area contributed by atoms with Crippen molar-refractivity contribution in [2.45, 2.75) is 6.92 Å². The van der Waals surface area contributed by atoms with Crippen LogP contribution in [0.15, 0.2) is 54.6 Å². The summed E-state index contributed by atoms with van der Waals surface area (Å²) < 4.78 is 5.61. The van der Waals surface area contributed by atoms with E-state index in [-0.39, 0.29) is 6.03 Å². The maximum atomic E-state index is 12.0. The first-order valence-corrected chi connectivity index (χ1v) is 6.92. The Hall–Kier alpha value is -2.49. The minimum absolute atomic E-state index is 0.145. The van der Waals surface area contributed by atoms with Gasteiger partial charge in [0.25, 0.3) is 0 Å². The quantitative estimate of drug-likeness (QED) is 0.912. The molecule has 110 valence electrons. The highest BCUT2D eigenvalue weighted by atomic mass is 16.5. The number of nitrogens with zero attached hydrogens (tertiary/aromatic N) is 1. The number of carbonyl (C=O) groups excluding carboxylic acids is 1. The molecule has 0 atom stereocenters. The minimum Gasteiger partial charge on any atom is -0.492 e. The molecule has 2 rings (SSSR count). The van der Waals surface area contributed by atoms with Crippen molar-refractivity contribution in [1.29, 1.82) is 0 Å². The van der Waals surface area contributed by atoms with Gasteiger partial charge >= 0.3 is 6.03 Å². The summed E-state index contributed by atoms with van der Waals surface area (Å²) in [6.45, 7) is 3.01. The number of aryl methyl sites for hydroxylation is 1. The fourth-order valence-electron chi connectivity index (χ4n) is 1.78. The van der Waals surface area contributed by atoms with Gasteiger partial charge in [0, 0.05) is 12.7 Å². The van der Waals surface area contributed by atoms with Crippen molar-refractivity contribution in [1.82, 2.24) is 4.90 Å². The second kappa shape index (κ2) is 7.33. The zero-order valence-electron chi connectivity index (χ0n) is 12.4. The average molecular weight is 284 g/mol. The maximum Gasteiger partial charge on any atom is 0.321 e. The number of para-hydroxylation sites is 1. The molecule has 1 N–H and O–H groups in total. The molecule has 2 amide bonds. The highest BCUT2D eigenvalue weighted by Gasteiger charge is 2.08. The highest BCUT2D eigenvalue weighted by molar-refractivity contribution is 5.89. The van der Waals surface area contributed by atoms with Crippen molar-refractivity contribution >= 4 is 11.7 Å². The number of hydrogen-bond donors (Lipinski definition) is 1. The van der Waals surface area contributed by atoms with Gasteiger partial charge in [-0.1, -0.05) is 35.9 Å².